The number of carbonyl (C=O) groups excluding carboxylic acids is 5. The minimum atomic E-state index is -1.04. The minimum absolute atomic E-state index is 0.0272. The summed E-state index contributed by atoms with van der Waals surface area (Å²) in [5.41, 5.74) is 0.903. The van der Waals surface area contributed by atoms with Crippen LogP contribution in [0.1, 0.15) is 90.0 Å². The number of ketones is 1. The highest BCUT2D eigenvalue weighted by Crippen LogP contribution is 2.37. The quantitative estimate of drug-likeness (QED) is 0.0523. The van der Waals surface area contributed by atoms with E-state index in [1.165, 1.54) is 12.2 Å². The molecule has 10 nitrogen and oxygen atoms in total. The normalized spacial score (nSPS) is 13.4. The lowest BCUT2D eigenvalue weighted by atomic mass is 9.77. The highest BCUT2D eigenvalue weighted by Gasteiger charge is 2.39. The van der Waals surface area contributed by atoms with E-state index in [4.69, 9.17) is 9.47 Å². The largest absolute Gasteiger partial charge is 0.463 e. The maximum Gasteiger partial charge on any atom is 0.408 e. The Kier molecular flexibility index (Phi) is 16.3. The third-order valence-corrected chi connectivity index (χ3v) is 9.70. The zero-order valence-corrected chi connectivity index (χ0v) is 35.3. The first-order valence-electron chi connectivity index (χ1n) is 20.2. The van der Waals surface area contributed by atoms with E-state index in [1.54, 1.807) is 27.7 Å². The van der Waals surface area contributed by atoms with Gasteiger partial charge in [0.05, 0.1) is 12.6 Å². The van der Waals surface area contributed by atoms with E-state index in [2.05, 4.69) is 16.0 Å². The van der Waals surface area contributed by atoms with Gasteiger partial charge >= 0.3 is 12.1 Å². The van der Waals surface area contributed by atoms with Gasteiger partial charge in [0.15, 0.2) is 5.78 Å². The van der Waals surface area contributed by atoms with Gasteiger partial charge in [0, 0.05) is 30.9 Å². The van der Waals surface area contributed by atoms with Crippen molar-refractivity contribution in [3.63, 3.8) is 0 Å². The Labute approximate surface area is 349 Å². The van der Waals surface area contributed by atoms with E-state index in [9.17, 15) is 24.0 Å². The highest BCUT2D eigenvalue weighted by atomic mass is 16.6. The van der Waals surface area contributed by atoms with Crippen molar-refractivity contribution in [1.82, 2.24) is 16.0 Å². The van der Waals surface area contributed by atoms with Crippen LogP contribution in [0.4, 0.5) is 4.79 Å². The molecular formula is C49H59N3O7. The fraction of sp³-hybridized carbons (Fsp3) is 0.367. The third-order valence-electron chi connectivity index (χ3n) is 9.70. The Balaban J connectivity index is 1.63. The maximum atomic E-state index is 14.3. The number of hydrogen-bond donors (Lipinski definition) is 3. The highest BCUT2D eigenvalue weighted by molar-refractivity contribution is 5.92. The average molecular weight is 802 g/mol. The molecule has 4 aromatic carbocycles. The number of amides is 3. The van der Waals surface area contributed by atoms with Crippen LogP contribution in [0, 0.1) is 11.3 Å². The smallest absolute Gasteiger partial charge is 0.408 e. The second-order valence-electron chi connectivity index (χ2n) is 16.7. The van der Waals surface area contributed by atoms with E-state index in [0.717, 1.165) is 22.3 Å². The van der Waals surface area contributed by atoms with Crippen LogP contribution in [0.5, 0.6) is 0 Å². The lowest BCUT2D eigenvalue weighted by molar-refractivity contribution is -0.137. The van der Waals surface area contributed by atoms with Crippen LogP contribution >= 0.6 is 0 Å². The average Bonchev–Trinajstić information content (AvgIpc) is 3.20. The number of nitrogens with one attached hydrogen (secondary N) is 3. The van der Waals surface area contributed by atoms with E-state index in [0.29, 0.717) is 0 Å². The van der Waals surface area contributed by atoms with E-state index in [-0.39, 0.29) is 44.0 Å². The Morgan fingerprint density at radius 3 is 1.63 bits per heavy atom. The van der Waals surface area contributed by atoms with Crippen LogP contribution in [0.15, 0.2) is 133 Å². The number of alkyl carbamates (subject to hydrolysis) is 1. The molecule has 0 heterocycles. The van der Waals surface area contributed by atoms with E-state index in [1.807, 2.05) is 142 Å². The molecule has 0 saturated heterocycles. The molecular weight excluding hydrogens is 743 g/mol. The summed E-state index contributed by atoms with van der Waals surface area (Å²) >= 11 is 0. The molecule has 3 N–H and O–H groups in total. The number of carbonyl (C=O) groups is 5. The molecule has 0 aliphatic rings. The van der Waals surface area contributed by atoms with Gasteiger partial charge in [-0.3, -0.25) is 14.4 Å². The second-order valence-corrected chi connectivity index (χ2v) is 16.7. The first-order valence-corrected chi connectivity index (χ1v) is 20.2. The summed E-state index contributed by atoms with van der Waals surface area (Å²) in [5.74, 6) is -2.52. The summed E-state index contributed by atoms with van der Waals surface area (Å²) in [5, 5.41) is 9.12. The van der Waals surface area contributed by atoms with Crippen molar-refractivity contribution < 1.29 is 33.4 Å². The van der Waals surface area contributed by atoms with E-state index < -0.39 is 52.5 Å². The molecule has 0 saturated carbocycles. The number of rotatable bonds is 18. The summed E-state index contributed by atoms with van der Waals surface area (Å²) in [6, 6.07) is 36.9. The van der Waals surface area contributed by atoms with Gasteiger partial charge in [-0.2, -0.15) is 0 Å². The summed E-state index contributed by atoms with van der Waals surface area (Å²) in [6.45, 7) is 12.6. The predicted molar refractivity (Wildman–Crippen MR) is 230 cm³/mol. The first kappa shape index (κ1) is 45.7. The lowest BCUT2D eigenvalue weighted by Gasteiger charge is -2.37. The van der Waals surface area contributed by atoms with E-state index >= 15 is 0 Å². The monoisotopic (exact) mass is 801 g/mol. The van der Waals surface area contributed by atoms with Gasteiger partial charge in [0.25, 0.3) is 0 Å². The summed E-state index contributed by atoms with van der Waals surface area (Å²) in [6.07, 6.45) is 2.16. The lowest BCUT2D eigenvalue weighted by Crippen LogP contribution is -2.51. The molecule has 0 bridgehead atoms. The van der Waals surface area contributed by atoms with Crippen LogP contribution < -0.4 is 16.0 Å². The van der Waals surface area contributed by atoms with Crippen molar-refractivity contribution in [2.45, 2.75) is 97.4 Å². The Bertz CT molecular complexity index is 1910. The molecule has 4 rings (SSSR count). The molecule has 0 aromatic heterocycles. The fourth-order valence-corrected chi connectivity index (χ4v) is 6.96. The van der Waals surface area contributed by atoms with Crippen molar-refractivity contribution in [2.24, 2.45) is 11.3 Å². The van der Waals surface area contributed by atoms with Crippen LogP contribution in [0.25, 0.3) is 0 Å². The molecule has 3 amide bonds. The summed E-state index contributed by atoms with van der Waals surface area (Å²) in [4.78, 5) is 68.0. The third kappa shape index (κ3) is 13.8. The molecule has 0 spiro atoms. The number of hydrogen-bond acceptors (Lipinski definition) is 7. The van der Waals surface area contributed by atoms with Crippen molar-refractivity contribution in [3.8, 4) is 0 Å². The topological polar surface area (TPSA) is 140 Å². The number of benzene rings is 4. The first-order chi connectivity index (χ1) is 28.0. The van der Waals surface area contributed by atoms with Gasteiger partial charge in [0.1, 0.15) is 11.1 Å². The van der Waals surface area contributed by atoms with Gasteiger partial charge in [-0.1, -0.05) is 148 Å². The fourth-order valence-electron chi connectivity index (χ4n) is 6.96. The molecule has 0 unspecified atom stereocenters. The van der Waals surface area contributed by atoms with Gasteiger partial charge in [-0.15, -0.1) is 0 Å². The zero-order chi connectivity index (χ0) is 43.1. The van der Waals surface area contributed by atoms with Crippen LogP contribution in [0.3, 0.4) is 0 Å². The number of ether oxygens (including phenoxy) is 2. The van der Waals surface area contributed by atoms with Crippen molar-refractivity contribution in [2.75, 3.05) is 6.61 Å². The SMILES string of the molecule is CCOC(=O)/C=C/[C@H](CCC(=O)NC(c1ccccc1)(c1ccccc1)c1ccccc1)NC(=O)[C@H](CC(=O)[C@@H](NC(=O)OC(C)(C)C)C(C)(C)C)Cc1ccccc1. The second kappa shape index (κ2) is 21.1. The molecule has 0 aliphatic carbocycles. The summed E-state index contributed by atoms with van der Waals surface area (Å²) < 4.78 is 10.6. The standard InChI is InChI=1S/C49H59N3O7/c1-8-58-43(55)32-30-40(29-31-42(54)52-49(37-23-15-10-16-24-37,38-25-17-11-18-26-38)39-27-19-12-20-28-39)50-45(56)36(33-35-21-13-9-14-22-35)34-41(53)44(47(2,3)4)51-46(57)59-48(5,6)7/h9-28,30,32,36,40,44H,8,29,31,33-34H2,1-7H3,(H,50,56)(H,51,57)(H,52,54)/b32-30+/t36-,40-,44+/m0/s1. The molecule has 0 radical (unpaired) electrons. The molecule has 0 fully saturated rings. The molecule has 0 aliphatic heterocycles. The summed E-state index contributed by atoms with van der Waals surface area (Å²) in [7, 11) is 0. The zero-order valence-electron chi connectivity index (χ0n) is 35.3. The van der Waals surface area contributed by atoms with Gasteiger partial charge in [0.2, 0.25) is 11.8 Å². The van der Waals surface area contributed by atoms with Gasteiger partial charge in [-0.05, 0) is 68.2 Å². The Morgan fingerprint density at radius 2 is 1.17 bits per heavy atom. The predicted octanol–water partition coefficient (Wildman–Crippen LogP) is 8.24. The van der Waals surface area contributed by atoms with Crippen LogP contribution in [-0.4, -0.2) is 54.0 Å². The number of esters is 1. The van der Waals surface area contributed by atoms with Gasteiger partial charge in [-0.25, -0.2) is 9.59 Å². The molecule has 312 valence electrons. The molecule has 4 aromatic rings. The van der Waals surface area contributed by atoms with Crippen LogP contribution in [0.2, 0.25) is 0 Å². The number of Topliss-reactive ketones (excluding diaryl/α,β-unsaturated/α-hetero) is 1. The molecule has 3 atom stereocenters. The maximum absolute atomic E-state index is 14.3. The van der Waals surface area contributed by atoms with Crippen molar-refractivity contribution in [3.05, 3.63) is 156 Å². The Morgan fingerprint density at radius 1 is 0.678 bits per heavy atom. The molecule has 59 heavy (non-hydrogen) atoms. The van der Waals surface area contributed by atoms with Gasteiger partial charge < -0.3 is 25.4 Å². The van der Waals surface area contributed by atoms with Crippen LogP contribution in [-0.2, 0) is 40.6 Å². The van der Waals surface area contributed by atoms with Crippen molar-refractivity contribution >= 4 is 29.7 Å². The molecule has 10 heteroatoms. The Hall–Kier alpha value is -6.03. The van der Waals surface area contributed by atoms with Crippen molar-refractivity contribution in [1.29, 1.82) is 0 Å². The minimum Gasteiger partial charge on any atom is -0.463 e.